The van der Waals surface area contributed by atoms with Gasteiger partial charge in [0, 0.05) is 10.3 Å². The van der Waals surface area contributed by atoms with Crippen molar-refractivity contribution in [1.29, 1.82) is 0 Å². The molecular weight excluding hydrogens is 379 g/mol. The average Bonchev–Trinajstić information content (AvgIpc) is 3.32. The number of halogens is 1. The van der Waals surface area contributed by atoms with Gasteiger partial charge in [-0.3, -0.25) is 4.79 Å². The van der Waals surface area contributed by atoms with Crippen LogP contribution in [0.3, 0.4) is 0 Å². The van der Waals surface area contributed by atoms with Crippen LogP contribution in [0.2, 0.25) is 0 Å². The number of carbonyl (C=O) groups excluding carboxylic acids is 1. The van der Waals surface area contributed by atoms with Crippen molar-refractivity contribution in [2.45, 2.75) is 6.42 Å². The minimum Gasteiger partial charge on any atom is -0.302 e. The third-order valence-electron chi connectivity index (χ3n) is 3.93. The number of amides is 1. The molecular formula is C21H15FN2OS2. The van der Waals surface area contributed by atoms with Gasteiger partial charge in [0.05, 0.1) is 17.0 Å². The summed E-state index contributed by atoms with van der Waals surface area (Å²) in [7, 11) is 0. The number of carbonyl (C=O) groups is 1. The maximum atomic E-state index is 13.4. The van der Waals surface area contributed by atoms with Crippen molar-refractivity contribution in [3.05, 3.63) is 83.5 Å². The number of anilines is 1. The van der Waals surface area contributed by atoms with Crippen molar-refractivity contribution in [2.24, 2.45) is 0 Å². The van der Waals surface area contributed by atoms with E-state index in [1.807, 2.05) is 53.9 Å². The maximum Gasteiger partial charge on any atom is 0.230 e. The van der Waals surface area contributed by atoms with E-state index in [0.29, 0.717) is 11.6 Å². The molecule has 1 N–H and O–H groups in total. The molecule has 4 rings (SSSR count). The summed E-state index contributed by atoms with van der Waals surface area (Å²) in [5.74, 6) is -0.340. The third-order valence-corrected chi connectivity index (χ3v) is 5.84. The Balaban J connectivity index is 1.46. The number of aromatic nitrogens is 1. The molecule has 0 spiro atoms. The number of benzene rings is 2. The first-order chi connectivity index (χ1) is 13.2. The van der Waals surface area contributed by atoms with Gasteiger partial charge >= 0.3 is 0 Å². The fraction of sp³-hybridized carbons (Fsp3) is 0.0476. The number of hydrogen-bond donors (Lipinski definition) is 1. The summed E-state index contributed by atoms with van der Waals surface area (Å²) in [6.45, 7) is 0. The van der Waals surface area contributed by atoms with Gasteiger partial charge in [-0.25, -0.2) is 9.37 Å². The first-order valence-electron chi connectivity index (χ1n) is 8.33. The molecule has 1 amide bonds. The zero-order valence-electron chi connectivity index (χ0n) is 14.2. The molecule has 2 heterocycles. The Morgan fingerprint density at radius 2 is 1.81 bits per heavy atom. The quantitative estimate of drug-likeness (QED) is 0.461. The van der Waals surface area contributed by atoms with E-state index < -0.39 is 0 Å². The van der Waals surface area contributed by atoms with Crippen molar-refractivity contribution >= 4 is 33.7 Å². The highest BCUT2D eigenvalue weighted by atomic mass is 32.1. The summed E-state index contributed by atoms with van der Waals surface area (Å²) in [5, 5.41) is 5.34. The van der Waals surface area contributed by atoms with Crippen molar-refractivity contribution < 1.29 is 9.18 Å². The molecule has 0 bridgehead atoms. The molecule has 0 aliphatic carbocycles. The van der Waals surface area contributed by atoms with Gasteiger partial charge in [0.2, 0.25) is 5.91 Å². The van der Waals surface area contributed by atoms with Crippen LogP contribution in [-0.4, -0.2) is 10.9 Å². The number of hydrogen-bond acceptors (Lipinski definition) is 4. The molecule has 2 aromatic carbocycles. The Hall–Kier alpha value is -2.83. The highest BCUT2D eigenvalue weighted by Crippen LogP contribution is 2.35. The van der Waals surface area contributed by atoms with Crippen molar-refractivity contribution in [2.75, 3.05) is 5.32 Å². The summed E-state index contributed by atoms with van der Waals surface area (Å²) in [6.07, 6.45) is 0.318. The summed E-state index contributed by atoms with van der Waals surface area (Å²) in [5.41, 5.74) is 2.62. The standard InChI is InChI=1S/C21H15FN2OS2/c22-16-8-4-7-15(12-16)18-9-10-19(27-18)17-13-26-21(23-17)24-20(25)11-14-5-2-1-3-6-14/h1-10,12-13H,11H2,(H,23,24,25). The minimum absolute atomic E-state index is 0.0891. The van der Waals surface area contributed by atoms with Crippen LogP contribution in [-0.2, 0) is 11.2 Å². The maximum absolute atomic E-state index is 13.4. The SMILES string of the molecule is O=C(Cc1ccccc1)Nc1nc(-c2ccc(-c3cccc(F)c3)s2)cs1. The van der Waals surface area contributed by atoms with Gasteiger partial charge in [-0.05, 0) is 35.4 Å². The molecule has 0 atom stereocenters. The molecule has 0 aliphatic rings. The lowest BCUT2D eigenvalue weighted by molar-refractivity contribution is -0.115. The number of thiazole rings is 1. The van der Waals surface area contributed by atoms with Crippen LogP contribution in [0.4, 0.5) is 9.52 Å². The molecule has 134 valence electrons. The van der Waals surface area contributed by atoms with Gasteiger partial charge in [0.25, 0.3) is 0 Å². The highest BCUT2D eigenvalue weighted by Gasteiger charge is 2.11. The van der Waals surface area contributed by atoms with Crippen LogP contribution in [0.25, 0.3) is 21.0 Å². The van der Waals surface area contributed by atoms with E-state index in [9.17, 15) is 9.18 Å². The molecule has 27 heavy (non-hydrogen) atoms. The van der Waals surface area contributed by atoms with Gasteiger partial charge in [0.15, 0.2) is 5.13 Å². The monoisotopic (exact) mass is 394 g/mol. The molecule has 0 aliphatic heterocycles. The predicted molar refractivity (Wildman–Crippen MR) is 110 cm³/mol. The third kappa shape index (κ3) is 4.30. The molecule has 0 fully saturated rings. The molecule has 2 aromatic heterocycles. The van der Waals surface area contributed by atoms with Gasteiger partial charge < -0.3 is 5.32 Å². The van der Waals surface area contributed by atoms with E-state index in [1.54, 1.807) is 17.4 Å². The number of rotatable bonds is 5. The van der Waals surface area contributed by atoms with E-state index in [2.05, 4.69) is 10.3 Å². The molecule has 0 saturated carbocycles. The van der Waals surface area contributed by atoms with Gasteiger partial charge in [-0.1, -0.05) is 42.5 Å². The van der Waals surface area contributed by atoms with Crippen LogP contribution in [0.1, 0.15) is 5.56 Å². The Labute approximate surface area is 164 Å². The van der Waals surface area contributed by atoms with E-state index >= 15 is 0 Å². The van der Waals surface area contributed by atoms with Gasteiger partial charge in [0.1, 0.15) is 5.82 Å². The van der Waals surface area contributed by atoms with Crippen LogP contribution in [0.5, 0.6) is 0 Å². The molecule has 3 nitrogen and oxygen atoms in total. The zero-order chi connectivity index (χ0) is 18.6. The largest absolute Gasteiger partial charge is 0.302 e. The Kier molecular flexibility index (Phi) is 5.09. The first-order valence-corrected chi connectivity index (χ1v) is 10.0. The number of nitrogens with zero attached hydrogens (tertiary/aromatic N) is 1. The zero-order valence-corrected chi connectivity index (χ0v) is 15.8. The predicted octanol–water partition coefficient (Wildman–Crippen LogP) is 5.86. The highest BCUT2D eigenvalue weighted by molar-refractivity contribution is 7.19. The van der Waals surface area contributed by atoms with Crippen LogP contribution >= 0.6 is 22.7 Å². The summed E-state index contributed by atoms with van der Waals surface area (Å²) < 4.78 is 13.4. The fourth-order valence-corrected chi connectivity index (χ4v) is 4.43. The van der Waals surface area contributed by atoms with E-state index in [-0.39, 0.29) is 11.7 Å². The van der Waals surface area contributed by atoms with E-state index in [4.69, 9.17) is 0 Å². The first kappa shape index (κ1) is 17.6. The summed E-state index contributed by atoms with van der Waals surface area (Å²) >= 11 is 2.94. The normalized spacial score (nSPS) is 10.7. The Bertz CT molecular complexity index is 1070. The summed E-state index contributed by atoms with van der Waals surface area (Å²) in [4.78, 5) is 18.6. The number of nitrogens with one attached hydrogen (secondary N) is 1. The Morgan fingerprint density at radius 3 is 2.63 bits per heavy atom. The molecule has 0 radical (unpaired) electrons. The lowest BCUT2D eigenvalue weighted by atomic mass is 10.1. The van der Waals surface area contributed by atoms with Crippen LogP contribution < -0.4 is 5.32 Å². The molecule has 4 aromatic rings. The molecule has 0 saturated heterocycles. The van der Waals surface area contributed by atoms with E-state index in [1.165, 1.54) is 23.5 Å². The smallest absolute Gasteiger partial charge is 0.230 e. The second-order valence-electron chi connectivity index (χ2n) is 5.92. The van der Waals surface area contributed by atoms with Crippen molar-refractivity contribution in [3.63, 3.8) is 0 Å². The van der Waals surface area contributed by atoms with Crippen molar-refractivity contribution in [3.8, 4) is 21.0 Å². The second-order valence-corrected chi connectivity index (χ2v) is 7.86. The minimum atomic E-state index is -0.250. The van der Waals surface area contributed by atoms with Gasteiger partial charge in [-0.15, -0.1) is 22.7 Å². The van der Waals surface area contributed by atoms with Crippen LogP contribution in [0, 0.1) is 5.82 Å². The lowest BCUT2D eigenvalue weighted by Crippen LogP contribution is -2.14. The second kappa shape index (κ2) is 7.82. The number of thiophene rings is 1. The molecule has 6 heteroatoms. The lowest BCUT2D eigenvalue weighted by Gasteiger charge is -2.01. The summed E-state index contributed by atoms with van der Waals surface area (Å²) in [6, 6.07) is 20.1. The average molecular weight is 394 g/mol. The fourth-order valence-electron chi connectivity index (χ4n) is 2.66. The topological polar surface area (TPSA) is 42.0 Å². The van der Waals surface area contributed by atoms with Crippen molar-refractivity contribution in [1.82, 2.24) is 4.98 Å². The van der Waals surface area contributed by atoms with E-state index in [0.717, 1.165) is 26.6 Å². The Morgan fingerprint density at radius 1 is 1.00 bits per heavy atom. The molecule has 0 unspecified atom stereocenters. The van der Waals surface area contributed by atoms with Crippen LogP contribution in [0.15, 0.2) is 72.1 Å². The van der Waals surface area contributed by atoms with Gasteiger partial charge in [-0.2, -0.15) is 0 Å².